The smallest absolute Gasteiger partial charge is 0.406 e. The molecule has 2 heterocycles. The zero-order valence-electron chi connectivity index (χ0n) is 23.0. The van der Waals surface area contributed by atoms with Gasteiger partial charge in [0.05, 0.1) is 11.4 Å². The first kappa shape index (κ1) is 30.1. The monoisotopic (exact) mass is 628 g/mol. The highest BCUT2D eigenvalue weighted by Crippen LogP contribution is 2.38. The van der Waals surface area contributed by atoms with E-state index < -0.39 is 17.1 Å². The number of thioether (sulfide) groups is 1. The fourth-order valence-electron chi connectivity index (χ4n) is 4.29. The number of aryl methyl sites for hydroxylation is 1. The maximum absolute atomic E-state index is 13.0. The average molecular weight is 629 g/mol. The second-order valence-corrected chi connectivity index (χ2v) is 11.5. The van der Waals surface area contributed by atoms with E-state index >= 15 is 0 Å². The van der Waals surface area contributed by atoms with E-state index in [0.717, 1.165) is 22.9 Å². The van der Waals surface area contributed by atoms with E-state index in [1.807, 2.05) is 39.0 Å². The van der Waals surface area contributed by atoms with Gasteiger partial charge in [0.15, 0.2) is 15.7 Å². The summed E-state index contributed by atoms with van der Waals surface area (Å²) < 4.78 is 41.6. The normalized spacial score (nSPS) is 16.3. The van der Waals surface area contributed by atoms with Gasteiger partial charge in [0.2, 0.25) is 0 Å². The van der Waals surface area contributed by atoms with E-state index in [1.165, 1.54) is 40.2 Å². The number of carbonyl (C=O) groups is 2. The van der Waals surface area contributed by atoms with Crippen molar-refractivity contribution in [2.75, 3.05) is 10.2 Å². The van der Waals surface area contributed by atoms with Gasteiger partial charge in [-0.05, 0) is 78.6 Å². The van der Waals surface area contributed by atoms with E-state index in [-0.39, 0.29) is 22.7 Å². The van der Waals surface area contributed by atoms with Gasteiger partial charge in [-0.2, -0.15) is 4.99 Å². The predicted molar refractivity (Wildman–Crippen MR) is 160 cm³/mol. The van der Waals surface area contributed by atoms with Crippen molar-refractivity contribution in [2.45, 2.75) is 37.8 Å². The number of alkyl halides is 4. The molecule has 1 aliphatic heterocycles. The van der Waals surface area contributed by atoms with Gasteiger partial charge in [-0.15, -0.1) is 18.3 Å². The lowest BCUT2D eigenvalue weighted by Gasteiger charge is -2.22. The van der Waals surface area contributed by atoms with Crippen molar-refractivity contribution in [3.8, 4) is 22.8 Å². The van der Waals surface area contributed by atoms with Crippen LogP contribution in [-0.2, 0) is 4.79 Å². The lowest BCUT2D eigenvalue weighted by atomic mass is 9.99. The molecule has 222 valence electrons. The van der Waals surface area contributed by atoms with Crippen LogP contribution in [0.15, 0.2) is 78.0 Å². The topological polar surface area (TPSA) is 102 Å². The summed E-state index contributed by atoms with van der Waals surface area (Å²) in [5.41, 5.74) is 4.08. The number of rotatable bonds is 6. The number of hydrogen-bond acceptors (Lipinski definition) is 6. The molecule has 1 saturated heterocycles. The lowest BCUT2D eigenvalue weighted by Crippen LogP contribution is -2.32. The molecule has 1 aliphatic rings. The van der Waals surface area contributed by atoms with Crippen molar-refractivity contribution >= 4 is 51.8 Å². The Balaban J connectivity index is 1.29. The van der Waals surface area contributed by atoms with Crippen LogP contribution in [0.4, 0.5) is 29.3 Å². The van der Waals surface area contributed by atoms with E-state index in [0.29, 0.717) is 28.5 Å². The van der Waals surface area contributed by atoms with Crippen LogP contribution >= 0.6 is 23.4 Å². The average Bonchev–Trinajstić information content (AvgIpc) is 3.53. The van der Waals surface area contributed by atoms with Crippen molar-refractivity contribution in [3.63, 3.8) is 0 Å². The molecule has 9 nitrogen and oxygen atoms in total. The van der Waals surface area contributed by atoms with Crippen LogP contribution in [0.3, 0.4) is 0 Å². The molecule has 5 rings (SSSR count). The summed E-state index contributed by atoms with van der Waals surface area (Å²) in [6, 6.07) is 17.0. The Hall–Kier alpha value is -4.36. The van der Waals surface area contributed by atoms with E-state index in [1.54, 1.807) is 24.3 Å². The van der Waals surface area contributed by atoms with Crippen LogP contribution in [-0.4, -0.2) is 42.9 Å². The van der Waals surface area contributed by atoms with Gasteiger partial charge in [0, 0.05) is 11.3 Å². The number of ether oxygens (including phenoxy) is 1. The van der Waals surface area contributed by atoms with Gasteiger partial charge in [0.25, 0.3) is 5.91 Å². The van der Waals surface area contributed by atoms with E-state index in [2.05, 4.69) is 25.1 Å². The molecule has 0 spiro atoms. The SMILES string of the molecule is Cc1ccc(C(C)C)c(N2C(=O)C(Cl)S/C2=N\C(=O)Nc2ccc(-c3ncn(-c4ccc(OC(F)(F)F)cc4)n3)cc2)c1. The van der Waals surface area contributed by atoms with Gasteiger partial charge in [-0.3, -0.25) is 9.69 Å². The third-order valence-electron chi connectivity index (χ3n) is 6.28. The molecule has 4 aromatic rings. The molecule has 43 heavy (non-hydrogen) atoms. The second kappa shape index (κ2) is 12.1. The molecular formula is C29H24ClF3N6O3S. The van der Waals surface area contributed by atoms with E-state index in [9.17, 15) is 22.8 Å². The van der Waals surface area contributed by atoms with Gasteiger partial charge in [0.1, 0.15) is 12.1 Å². The lowest BCUT2D eigenvalue weighted by molar-refractivity contribution is -0.274. The Morgan fingerprint density at radius 1 is 1.09 bits per heavy atom. The molecule has 0 bridgehead atoms. The Labute approximate surface area is 253 Å². The number of benzene rings is 3. The molecule has 14 heteroatoms. The summed E-state index contributed by atoms with van der Waals surface area (Å²) in [5, 5.41) is 7.24. The molecule has 3 amide bonds. The van der Waals surface area contributed by atoms with Crippen molar-refractivity contribution in [1.29, 1.82) is 0 Å². The highest BCUT2D eigenvalue weighted by molar-refractivity contribution is 8.17. The molecular weight excluding hydrogens is 605 g/mol. The van der Waals surface area contributed by atoms with Crippen LogP contribution in [0.2, 0.25) is 0 Å². The zero-order valence-corrected chi connectivity index (χ0v) is 24.5. The molecule has 3 aromatic carbocycles. The Bertz CT molecular complexity index is 1690. The summed E-state index contributed by atoms with van der Waals surface area (Å²) >= 11 is 7.26. The molecule has 0 radical (unpaired) electrons. The van der Waals surface area contributed by atoms with Crippen LogP contribution in [0.5, 0.6) is 5.75 Å². The largest absolute Gasteiger partial charge is 0.573 e. The first-order valence-corrected chi connectivity index (χ1v) is 14.2. The van der Waals surface area contributed by atoms with Crippen LogP contribution in [0.1, 0.15) is 30.9 Å². The molecule has 1 aromatic heterocycles. The minimum atomic E-state index is -4.78. The molecule has 1 fully saturated rings. The summed E-state index contributed by atoms with van der Waals surface area (Å²) in [5.74, 6) is -0.232. The van der Waals surface area contributed by atoms with Gasteiger partial charge in [-0.25, -0.2) is 14.5 Å². The summed E-state index contributed by atoms with van der Waals surface area (Å²) in [7, 11) is 0. The number of anilines is 2. The van der Waals surface area contributed by atoms with Crippen molar-refractivity contribution in [1.82, 2.24) is 14.8 Å². The number of urea groups is 1. The minimum Gasteiger partial charge on any atom is -0.406 e. The standard InChI is InChI=1S/C29H24ClF3N6O3S/c1-16(2)22-13-4-17(3)14-23(22)39-26(40)24(30)43-28(39)36-27(41)35-19-7-5-18(6-8-19)25-34-15-38(37-25)20-9-11-21(12-10-20)42-29(31,32)33/h4-16,24H,1-3H3,(H,35,41)/b36-28-. The second-order valence-electron chi connectivity index (χ2n) is 9.78. The van der Waals surface area contributed by atoms with Crippen molar-refractivity contribution in [2.24, 2.45) is 4.99 Å². The summed E-state index contributed by atoms with van der Waals surface area (Å²) in [6.45, 7) is 5.95. The number of amidine groups is 1. The maximum atomic E-state index is 13.0. The van der Waals surface area contributed by atoms with Gasteiger partial charge < -0.3 is 10.1 Å². The van der Waals surface area contributed by atoms with Crippen LogP contribution < -0.4 is 15.0 Å². The molecule has 1 N–H and O–H groups in total. The number of nitrogens with zero attached hydrogens (tertiary/aromatic N) is 5. The minimum absolute atomic E-state index is 0.121. The highest BCUT2D eigenvalue weighted by atomic mass is 35.5. The first-order valence-electron chi connectivity index (χ1n) is 12.9. The molecule has 0 saturated carbocycles. The Kier molecular flexibility index (Phi) is 8.47. The Morgan fingerprint density at radius 3 is 2.44 bits per heavy atom. The highest BCUT2D eigenvalue weighted by Gasteiger charge is 2.39. The third kappa shape index (κ3) is 7.00. The first-order chi connectivity index (χ1) is 20.4. The summed E-state index contributed by atoms with van der Waals surface area (Å²) in [4.78, 5) is 35.6. The van der Waals surface area contributed by atoms with Gasteiger partial charge >= 0.3 is 12.4 Å². The number of nitrogens with one attached hydrogen (secondary N) is 1. The quantitative estimate of drug-likeness (QED) is 0.222. The summed E-state index contributed by atoms with van der Waals surface area (Å²) in [6.07, 6.45) is -3.35. The molecule has 1 unspecified atom stereocenters. The number of halogens is 4. The van der Waals surface area contributed by atoms with Gasteiger partial charge in [-0.1, -0.05) is 49.3 Å². The third-order valence-corrected chi connectivity index (χ3v) is 7.63. The fourth-order valence-corrected chi connectivity index (χ4v) is 5.44. The maximum Gasteiger partial charge on any atom is 0.573 e. The van der Waals surface area contributed by atoms with Crippen LogP contribution in [0.25, 0.3) is 17.1 Å². The fraction of sp³-hybridized carbons (Fsp3) is 0.207. The zero-order chi connectivity index (χ0) is 30.9. The van der Waals surface area contributed by atoms with Crippen LogP contribution in [0, 0.1) is 6.92 Å². The molecule has 0 aliphatic carbocycles. The number of hydrogen-bond donors (Lipinski definition) is 1. The van der Waals surface area contributed by atoms with Crippen molar-refractivity contribution < 1.29 is 27.5 Å². The molecule has 1 atom stereocenters. The number of amides is 3. The van der Waals surface area contributed by atoms with E-state index in [4.69, 9.17) is 11.6 Å². The number of aliphatic imine (C=N–C) groups is 1. The number of aromatic nitrogens is 3. The number of carbonyl (C=O) groups excluding carboxylic acids is 2. The Morgan fingerprint density at radius 2 is 1.79 bits per heavy atom. The van der Waals surface area contributed by atoms with Crippen molar-refractivity contribution in [3.05, 3.63) is 84.2 Å². The predicted octanol–water partition coefficient (Wildman–Crippen LogP) is 7.50.